The molecule has 1 aromatic carbocycles. The number of hydrogen-bond donors (Lipinski definition) is 1. The summed E-state index contributed by atoms with van der Waals surface area (Å²) in [6.45, 7) is 0. The van der Waals surface area contributed by atoms with Gasteiger partial charge in [-0.1, -0.05) is 34.1 Å². The fourth-order valence-corrected chi connectivity index (χ4v) is 1.77. The maximum atomic E-state index is 11.6. The van der Waals surface area contributed by atoms with E-state index < -0.39 is 0 Å². The third-order valence-electron chi connectivity index (χ3n) is 2.14. The first-order valence-corrected chi connectivity index (χ1v) is 5.66. The van der Waals surface area contributed by atoms with Crippen molar-refractivity contribution in [2.45, 2.75) is 0 Å². The number of aromatic amines is 1. The largest absolute Gasteiger partial charge is 0.359 e. The van der Waals surface area contributed by atoms with E-state index in [1.54, 1.807) is 30.5 Å². The molecule has 2 nitrogen and oxygen atoms in total. The number of carbonyl (C=O) groups excluding carboxylic acids is 1. The van der Waals surface area contributed by atoms with Gasteiger partial charge in [0.1, 0.15) is 0 Å². The first kappa shape index (κ1) is 10.9. The van der Waals surface area contributed by atoms with E-state index in [1.165, 1.54) is 0 Å². The number of H-pyrrole nitrogens is 1. The van der Waals surface area contributed by atoms with Crippen LogP contribution in [0.5, 0.6) is 0 Å². The summed E-state index contributed by atoms with van der Waals surface area (Å²) in [6, 6.07) is 11.3. The van der Waals surface area contributed by atoms with Gasteiger partial charge in [0.05, 0.1) is 5.69 Å². The van der Waals surface area contributed by atoms with Gasteiger partial charge in [0.15, 0.2) is 0 Å². The molecule has 3 heteroatoms. The standard InChI is InChI=1S/C13H10BrNO/c14-11-4-1-3-10(9-11)6-7-13(16)12-5-2-8-15-12/h1-9,15H. The van der Waals surface area contributed by atoms with E-state index in [1.807, 2.05) is 24.3 Å². The summed E-state index contributed by atoms with van der Waals surface area (Å²) in [5.41, 5.74) is 1.60. The van der Waals surface area contributed by atoms with Gasteiger partial charge in [0.25, 0.3) is 0 Å². The highest BCUT2D eigenvalue weighted by Crippen LogP contribution is 2.13. The van der Waals surface area contributed by atoms with Gasteiger partial charge in [-0.05, 0) is 35.9 Å². The highest BCUT2D eigenvalue weighted by Gasteiger charge is 2.00. The van der Waals surface area contributed by atoms with Crippen LogP contribution in [0.25, 0.3) is 6.08 Å². The number of carbonyl (C=O) groups is 1. The minimum Gasteiger partial charge on any atom is -0.359 e. The van der Waals surface area contributed by atoms with Crippen molar-refractivity contribution < 1.29 is 4.79 Å². The van der Waals surface area contributed by atoms with Crippen molar-refractivity contribution in [1.82, 2.24) is 4.98 Å². The normalized spacial score (nSPS) is 10.8. The maximum Gasteiger partial charge on any atom is 0.201 e. The summed E-state index contributed by atoms with van der Waals surface area (Å²) in [5, 5.41) is 0. The summed E-state index contributed by atoms with van der Waals surface area (Å²) in [4.78, 5) is 14.5. The minimum atomic E-state index is -0.0232. The first-order valence-electron chi connectivity index (χ1n) is 4.87. The summed E-state index contributed by atoms with van der Waals surface area (Å²) in [7, 11) is 0. The SMILES string of the molecule is O=C(C=Cc1cccc(Br)c1)c1ccc[nH]1. The fraction of sp³-hybridized carbons (Fsp3) is 0. The van der Waals surface area contributed by atoms with Crippen LogP contribution < -0.4 is 0 Å². The molecular formula is C13H10BrNO. The molecule has 0 spiro atoms. The van der Waals surface area contributed by atoms with E-state index in [2.05, 4.69) is 20.9 Å². The molecule has 0 aliphatic rings. The number of ketones is 1. The lowest BCUT2D eigenvalue weighted by Gasteiger charge is -1.94. The Morgan fingerprint density at radius 1 is 1.25 bits per heavy atom. The van der Waals surface area contributed by atoms with Crippen LogP contribution in [0.2, 0.25) is 0 Å². The number of nitrogens with one attached hydrogen (secondary N) is 1. The van der Waals surface area contributed by atoms with E-state index in [0.717, 1.165) is 10.0 Å². The molecule has 1 heterocycles. The highest BCUT2D eigenvalue weighted by molar-refractivity contribution is 9.10. The molecule has 0 fully saturated rings. The Labute approximate surface area is 102 Å². The van der Waals surface area contributed by atoms with Crippen molar-refractivity contribution in [1.29, 1.82) is 0 Å². The Balaban J connectivity index is 2.13. The van der Waals surface area contributed by atoms with Crippen LogP contribution in [0.4, 0.5) is 0 Å². The second kappa shape index (κ2) is 4.94. The lowest BCUT2D eigenvalue weighted by Crippen LogP contribution is -1.93. The minimum absolute atomic E-state index is 0.0232. The lowest BCUT2D eigenvalue weighted by molar-refractivity contribution is 0.104. The molecule has 0 radical (unpaired) electrons. The molecule has 0 amide bonds. The third-order valence-corrected chi connectivity index (χ3v) is 2.63. The number of rotatable bonds is 3. The van der Waals surface area contributed by atoms with Crippen LogP contribution in [0.3, 0.4) is 0 Å². The van der Waals surface area contributed by atoms with Gasteiger partial charge in [0.2, 0.25) is 5.78 Å². The Kier molecular flexibility index (Phi) is 3.37. The van der Waals surface area contributed by atoms with Crippen molar-refractivity contribution >= 4 is 27.8 Å². The van der Waals surface area contributed by atoms with E-state index in [0.29, 0.717) is 5.69 Å². The molecule has 0 atom stereocenters. The van der Waals surface area contributed by atoms with Crippen molar-refractivity contribution in [3.8, 4) is 0 Å². The number of aromatic nitrogens is 1. The van der Waals surface area contributed by atoms with E-state index in [9.17, 15) is 4.79 Å². The molecule has 2 rings (SSSR count). The quantitative estimate of drug-likeness (QED) is 0.673. The predicted octanol–water partition coefficient (Wildman–Crippen LogP) is 3.67. The van der Waals surface area contributed by atoms with Gasteiger partial charge in [-0.15, -0.1) is 0 Å². The number of halogens is 1. The van der Waals surface area contributed by atoms with Crippen LogP contribution in [0, 0.1) is 0 Å². The average molecular weight is 276 g/mol. The molecule has 80 valence electrons. The first-order chi connectivity index (χ1) is 7.75. The molecule has 0 unspecified atom stereocenters. The third kappa shape index (κ3) is 2.70. The fourth-order valence-electron chi connectivity index (χ4n) is 1.36. The Morgan fingerprint density at radius 2 is 2.12 bits per heavy atom. The molecule has 2 aromatic rings. The molecule has 1 aromatic heterocycles. The van der Waals surface area contributed by atoms with Crippen LogP contribution in [-0.4, -0.2) is 10.8 Å². The Morgan fingerprint density at radius 3 is 2.81 bits per heavy atom. The van der Waals surface area contributed by atoms with Crippen LogP contribution >= 0.6 is 15.9 Å². The topological polar surface area (TPSA) is 32.9 Å². The smallest absolute Gasteiger partial charge is 0.201 e. The predicted molar refractivity (Wildman–Crippen MR) is 68.3 cm³/mol. The zero-order valence-corrected chi connectivity index (χ0v) is 10.1. The zero-order chi connectivity index (χ0) is 11.4. The maximum absolute atomic E-state index is 11.6. The van der Waals surface area contributed by atoms with Gasteiger partial charge in [-0.2, -0.15) is 0 Å². The summed E-state index contributed by atoms with van der Waals surface area (Å²) in [6.07, 6.45) is 5.10. The van der Waals surface area contributed by atoms with Crippen molar-refractivity contribution in [3.63, 3.8) is 0 Å². The highest BCUT2D eigenvalue weighted by atomic mass is 79.9. The average Bonchev–Trinajstić information content (AvgIpc) is 2.79. The Bertz CT molecular complexity index is 514. The summed E-state index contributed by atoms with van der Waals surface area (Å²) >= 11 is 3.38. The molecule has 0 aliphatic heterocycles. The molecule has 1 N–H and O–H groups in total. The van der Waals surface area contributed by atoms with Crippen molar-refractivity contribution in [2.24, 2.45) is 0 Å². The monoisotopic (exact) mass is 275 g/mol. The van der Waals surface area contributed by atoms with Gasteiger partial charge in [0, 0.05) is 10.7 Å². The Hall–Kier alpha value is -1.61. The molecule has 0 saturated heterocycles. The molecule has 0 saturated carbocycles. The van der Waals surface area contributed by atoms with E-state index in [-0.39, 0.29) is 5.78 Å². The van der Waals surface area contributed by atoms with Crippen molar-refractivity contribution in [2.75, 3.05) is 0 Å². The molecular weight excluding hydrogens is 266 g/mol. The van der Waals surface area contributed by atoms with Crippen LogP contribution in [-0.2, 0) is 0 Å². The molecule has 0 bridgehead atoms. The molecule has 0 aliphatic carbocycles. The second-order valence-corrected chi connectivity index (χ2v) is 4.25. The van der Waals surface area contributed by atoms with Gasteiger partial charge >= 0.3 is 0 Å². The van der Waals surface area contributed by atoms with E-state index >= 15 is 0 Å². The summed E-state index contributed by atoms with van der Waals surface area (Å²) < 4.78 is 1.00. The van der Waals surface area contributed by atoms with Crippen LogP contribution in [0.1, 0.15) is 16.1 Å². The van der Waals surface area contributed by atoms with E-state index in [4.69, 9.17) is 0 Å². The molecule has 16 heavy (non-hydrogen) atoms. The number of hydrogen-bond acceptors (Lipinski definition) is 1. The lowest BCUT2D eigenvalue weighted by atomic mass is 10.2. The van der Waals surface area contributed by atoms with Gasteiger partial charge in [-0.25, -0.2) is 0 Å². The number of allylic oxidation sites excluding steroid dienone is 1. The van der Waals surface area contributed by atoms with Gasteiger partial charge in [-0.3, -0.25) is 4.79 Å². The van der Waals surface area contributed by atoms with Gasteiger partial charge < -0.3 is 4.98 Å². The van der Waals surface area contributed by atoms with Crippen LogP contribution in [0.15, 0.2) is 53.1 Å². The van der Waals surface area contributed by atoms with Crippen molar-refractivity contribution in [3.05, 3.63) is 64.4 Å². The second-order valence-electron chi connectivity index (χ2n) is 3.34. The summed E-state index contributed by atoms with van der Waals surface area (Å²) in [5.74, 6) is -0.0232. The zero-order valence-electron chi connectivity index (χ0n) is 8.48. The number of benzene rings is 1.